The van der Waals surface area contributed by atoms with Gasteiger partial charge in [-0.1, -0.05) is 29.8 Å². The number of rotatable bonds is 4. The highest BCUT2D eigenvalue weighted by Gasteiger charge is 2.23. The first-order chi connectivity index (χ1) is 9.52. The molecule has 4 nitrogen and oxygen atoms in total. The fraction of sp³-hybridized carbons (Fsp3) is 0.562. The molecule has 110 valence electrons. The van der Waals surface area contributed by atoms with Gasteiger partial charge in [0.2, 0.25) is 5.91 Å². The van der Waals surface area contributed by atoms with Crippen molar-refractivity contribution in [2.24, 2.45) is 0 Å². The van der Waals surface area contributed by atoms with Crippen LogP contribution in [0.25, 0.3) is 0 Å². The molecular formula is C16H24N2O2. The highest BCUT2D eigenvalue weighted by molar-refractivity contribution is 5.78. The molecule has 1 aromatic rings. The normalized spacial score (nSPS) is 23.6. The minimum atomic E-state index is 0.0758. The molecule has 0 aromatic heterocycles. The van der Waals surface area contributed by atoms with Crippen LogP contribution in [-0.2, 0) is 16.1 Å². The van der Waals surface area contributed by atoms with Gasteiger partial charge in [-0.25, -0.2) is 0 Å². The average molecular weight is 276 g/mol. The highest BCUT2D eigenvalue weighted by Crippen LogP contribution is 2.10. The van der Waals surface area contributed by atoms with Crippen molar-refractivity contribution in [1.82, 2.24) is 10.2 Å². The second-order valence-corrected chi connectivity index (χ2v) is 5.71. The van der Waals surface area contributed by atoms with Crippen molar-refractivity contribution in [1.29, 1.82) is 0 Å². The summed E-state index contributed by atoms with van der Waals surface area (Å²) in [6.45, 7) is 8.84. The summed E-state index contributed by atoms with van der Waals surface area (Å²) in [7, 11) is 0. The minimum absolute atomic E-state index is 0.0758. The van der Waals surface area contributed by atoms with Gasteiger partial charge in [0.15, 0.2) is 0 Å². The number of carbonyl (C=O) groups is 1. The third kappa shape index (κ3) is 4.62. The van der Waals surface area contributed by atoms with Gasteiger partial charge >= 0.3 is 0 Å². The minimum Gasteiger partial charge on any atom is -0.373 e. The van der Waals surface area contributed by atoms with Crippen molar-refractivity contribution in [3.8, 4) is 0 Å². The van der Waals surface area contributed by atoms with Gasteiger partial charge in [-0.2, -0.15) is 0 Å². The third-order valence-electron chi connectivity index (χ3n) is 3.47. The zero-order valence-electron chi connectivity index (χ0n) is 12.6. The third-order valence-corrected chi connectivity index (χ3v) is 3.47. The fourth-order valence-corrected chi connectivity index (χ4v) is 2.58. The summed E-state index contributed by atoms with van der Waals surface area (Å²) in [6, 6.07) is 8.22. The van der Waals surface area contributed by atoms with E-state index in [9.17, 15) is 4.79 Å². The van der Waals surface area contributed by atoms with Crippen LogP contribution < -0.4 is 5.32 Å². The first kappa shape index (κ1) is 15.0. The first-order valence-electron chi connectivity index (χ1n) is 7.23. The Bertz CT molecular complexity index is 434. The number of carbonyl (C=O) groups excluding carboxylic acids is 1. The number of morpholine rings is 1. The van der Waals surface area contributed by atoms with E-state index >= 15 is 0 Å². The van der Waals surface area contributed by atoms with Crippen molar-refractivity contribution >= 4 is 5.91 Å². The zero-order valence-corrected chi connectivity index (χ0v) is 12.6. The van der Waals surface area contributed by atoms with Crippen LogP contribution >= 0.6 is 0 Å². The average Bonchev–Trinajstić information content (AvgIpc) is 2.37. The maximum atomic E-state index is 12.0. The molecule has 2 rings (SSSR count). The van der Waals surface area contributed by atoms with E-state index in [2.05, 4.69) is 41.4 Å². The number of hydrogen-bond donors (Lipinski definition) is 1. The second-order valence-electron chi connectivity index (χ2n) is 5.71. The Labute approximate surface area is 121 Å². The Kier molecular flexibility index (Phi) is 5.15. The Hall–Kier alpha value is -1.39. The van der Waals surface area contributed by atoms with E-state index < -0.39 is 0 Å². The van der Waals surface area contributed by atoms with Crippen molar-refractivity contribution in [2.75, 3.05) is 19.6 Å². The Balaban J connectivity index is 1.76. The Morgan fingerprint density at radius 1 is 1.25 bits per heavy atom. The van der Waals surface area contributed by atoms with Crippen LogP contribution in [0.2, 0.25) is 0 Å². The molecule has 2 unspecified atom stereocenters. The standard InChI is InChI=1S/C16H24N2O2/c1-12-4-6-15(7-5-12)8-17-16(19)11-18-9-13(2)20-14(3)10-18/h4-7,13-14H,8-11H2,1-3H3,(H,17,19). The molecule has 1 N–H and O–H groups in total. The van der Waals surface area contributed by atoms with Crippen LogP contribution in [0.3, 0.4) is 0 Å². The quantitative estimate of drug-likeness (QED) is 0.910. The van der Waals surface area contributed by atoms with Gasteiger partial charge in [-0.05, 0) is 26.3 Å². The summed E-state index contributed by atoms with van der Waals surface area (Å²) >= 11 is 0. The molecule has 1 aliphatic heterocycles. The number of ether oxygens (including phenoxy) is 1. The smallest absolute Gasteiger partial charge is 0.234 e. The molecule has 1 aromatic carbocycles. The Morgan fingerprint density at radius 2 is 1.85 bits per heavy atom. The van der Waals surface area contributed by atoms with Crippen LogP contribution in [0.1, 0.15) is 25.0 Å². The molecule has 1 heterocycles. The summed E-state index contributed by atoms with van der Waals surface area (Å²) < 4.78 is 5.67. The van der Waals surface area contributed by atoms with Gasteiger partial charge in [0.25, 0.3) is 0 Å². The largest absolute Gasteiger partial charge is 0.373 e. The number of amides is 1. The Morgan fingerprint density at radius 3 is 2.45 bits per heavy atom. The van der Waals surface area contributed by atoms with E-state index in [1.165, 1.54) is 5.56 Å². The lowest BCUT2D eigenvalue weighted by Crippen LogP contribution is -2.49. The maximum absolute atomic E-state index is 12.0. The number of nitrogens with zero attached hydrogens (tertiary/aromatic N) is 1. The molecule has 2 atom stereocenters. The lowest BCUT2D eigenvalue weighted by Gasteiger charge is -2.34. The SMILES string of the molecule is Cc1ccc(CNC(=O)CN2CC(C)OC(C)C2)cc1. The highest BCUT2D eigenvalue weighted by atomic mass is 16.5. The van der Waals surface area contributed by atoms with Gasteiger partial charge in [0, 0.05) is 19.6 Å². The van der Waals surface area contributed by atoms with E-state index in [0.717, 1.165) is 18.7 Å². The predicted octanol–water partition coefficient (Wildman–Crippen LogP) is 1.72. The van der Waals surface area contributed by atoms with Crippen LogP contribution in [0.15, 0.2) is 24.3 Å². The molecule has 4 heteroatoms. The molecule has 0 spiro atoms. The van der Waals surface area contributed by atoms with Gasteiger partial charge in [0.05, 0.1) is 18.8 Å². The molecular weight excluding hydrogens is 252 g/mol. The molecule has 0 aliphatic carbocycles. The zero-order chi connectivity index (χ0) is 14.5. The lowest BCUT2D eigenvalue weighted by molar-refractivity contribution is -0.126. The molecule has 0 saturated carbocycles. The summed E-state index contributed by atoms with van der Waals surface area (Å²) in [4.78, 5) is 14.1. The molecule has 1 aliphatic rings. The topological polar surface area (TPSA) is 41.6 Å². The van der Waals surface area contributed by atoms with E-state index in [-0.39, 0.29) is 18.1 Å². The van der Waals surface area contributed by atoms with Gasteiger partial charge in [-0.3, -0.25) is 9.69 Å². The van der Waals surface area contributed by atoms with E-state index in [1.807, 2.05) is 13.8 Å². The van der Waals surface area contributed by atoms with Crippen LogP contribution in [0, 0.1) is 6.92 Å². The predicted molar refractivity (Wildman–Crippen MR) is 79.5 cm³/mol. The van der Waals surface area contributed by atoms with E-state index in [1.54, 1.807) is 0 Å². The number of nitrogens with one attached hydrogen (secondary N) is 1. The molecule has 1 saturated heterocycles. The van der Waals surface area contributed by atoms with Crippen molar-refractivity contribution in [3.05, 3.63) is 35.4 Å². The molecule has 0 bridgehead atoms. The van der Waals surface area contributed by atoms with Crippen LogP contribution in [0.5, 0.6) is 0 Å². The van der Waals surface area contributed by atoms with Crippen LogP contribution in [-0.4, -0.2) is 42.6 Å². The van der Waals surface area contributed by atoms with Crippen molar-refractivity contribution in [3.63, 3.8) is 0 Å². The summed E-state index contributed by atoms with van der Waals surface area (Å²) in [5.41, 5.74) is 2.36. The molecule has 1 amide bonds. The summed E-state index contributed by atoms with van der Waals surface area (Å²) in [5, 5.41) is 2.97. The van der Waals surface area contributed by atoms with Gasteiger partial charge in [-0.15, -0.1) is 0 Å². The summed E-state index contributed by atoms with van der Waals surface area (Å²) in [5.74, 6) is 0.0758. The summed E-state index contributed by atoms with van der Waals surface area (Å²) in [6.07, 6.45) is 0.396. The van der Waals surface area contributed by atoms with Gasteiger partial charge < -0.3 is 10.1 Å². The van der Waals surface area contributed by atoms with E-state index in [0.29, 0.717) is 13.1 Å². The van der Waals surface area contributed by atoms with Crippen LogP contribution in [0.4, 0.5) is 0 Å². The van der Waals surface area contributed by atoms with Crippen molar-refractivity contribution in [2.45, 2.75) is 39.5 Å². The molecule has 20 heavy (non-hydrogen) atoms. The second kappa shape index (κ2) is 6.86. The number of benzene rings is 1. The van der Waals surface area contributed by atoms with E-state index in [4.69, 9.17) is 4.74 Å². The number of hydrogen-bond acceptors (Lipinski definition) is 3. The molecule has 1 fully saturated rings. The molecule has 0 radical (unpaired) electrons. The number of aryl methyl sites for hydroxylation is 1. The first-order valence-corrected chi connectivity index (χ1v) is 7.23. The van der Waals surface area contributed by atoms with Gasteiger partial charge in [0.1, 0.15) is 0 Å². The lowest BCUT2D eigenvalue weighted by atomic mass is 10.1. The monoisotopic (exact) mass is 276 g/mol. The maximum Gasteiger partial charge on any atom is 0.234 e. The fourth-order valence-electron chi connectivity index (χ4n) is 2.58. The van der Waals surface area contributed by atoms with Crippen molar-refractivity contribution < 1.29 is 9.53 Å².